The molecule has 0 aromatic rings. The summed E-state index contributed by atoms with van der Waals surface area (Å²) in [4.78, 5) is 1.52. The van der Waals surface area contributed by atoms with E-state index in [9.17, 15) is 13.2 Å². The van der Waals surface area contributed by atoms with Crippen LogP contribution in [0.1, 0.15) is 26.7 Å². The van der Waals surface area contributed by atoms with Gasteiger partial charge < -0.3 is 0 Å². The Morgan fingerprint density at radius 3 is 2.20 bits per heavy atom. The Morgan fingerprint density at radius 2 is 1.80 bits per heavy atom. The molecule has 1 aliphatic carbocycles. The molecule has 2 rings (SSSR count). The zero-order chi connectivity index (χ0) is 11.3. The molecule has 0 bridgehead atoms. The number of nitrogens with zero attached hydrogens (tertiary/aromatic N) is 1. The van der Waals surface area contributed by atoms with E-state index in [1.807, 2.05) is 0 Å². The van der Waals surface area contributed by atoms with Gasteiger partial charge in [-0.15, -0.1) is 0 Å². The lowest BCUT2D eigenvalue weighted by molar-refractivity contribution is -0.188. The first-order chi connectivity index (χ1) is 6.80. The Morgan fingerprint density at radius 1 is 1.27 bits per heavy atom. The van der Waals surface area contributed by atoms with Crippen molar-refractivity contribution < 1.29 is 13.2 Å². The van der Waals surface area contributed by atoms with Crippen molar-refractivity contribution in [1.82, 2.24) is 4.90 Å². The summed E-state index contributed by atoms with van der Waals surface area (Å²) in [5, 5.41) is 0. The molecular weight excluding hydrogens is 203 g/mol. The molecule has 15 heavy (non-hydrogen) atoms. The lowest BCUT2D eigenvalue weighted by Crippen LogP contribution is -2.64. The Kier molecular flexibility index (Phi) is 2.53. The largest absolute Gasteiger partial charge is 0.401 e. The molecule has 88 valence electrons. The number of likely N-dealkylation sites (tertiary alicyclic amines) is 1. The highest BCUT2D eigenvalue weighted by molar-refractivity contribution is 5.04. The summed E-state index contributed by atoms with van der Waals surface area (Å²) in [5.41, 5.74) is 0.264. The third-order valence-electron chi connectivity index (χ3n) is 3.85. The van der Waals surface area contributed by atoms with Gasteiger partial charge in [-0.3, -0.25) is 4.90 Å². The van der Waals surface area contributed by atoms with Crippen molar-refractivity contribution in [1.29, 1.82) is 0 Å². The van der Waals surface area contributed by atoms with E-state index in [1.54, 1.807) is 0 Å². The Bertz CT molecular complexity index is 233. The summed E-state index contributed by atoms with van der Waals surface area (Å²) in [6.45, 7) is 5.00. The molecule has 0 amide bonds. The van der Waals surface area contributed by atoms with Crippen molar-refractivity contribution in [2.45, 2.75) is 32.9 Å². The minimum absolute atomic E-state index is 0.264. The zero-order valence-electron chi connectivity index (χ0n) is 9.27. The highest BCUT2D eigenvalue weighted by Gasteiger charge is 2.54. The molecule has 1 nitrogen and oxygen atoms in total. The predicted molar refractivity (Wildman–Crippen MR) is 52.5 cm³/mol. The highest BCUT2D eigenvalue weighted by atomic mass is 19.4. The molecule has 1 heterocycles. The quantitative estimate of drug-likeness (QED) is 0.693. The Hall–Kier alpha value is -0.250. The van der Waals surface area contributed by atoms with Crippen LogP contribution in [0.3, 0.4) is 0 Å². The van der Waals surface area contributed by atoms with Gasteiger partial charge >= 0.3 is 6.18 Å². The Labute approximate surface area is 88.6 Å². The maximum atomic E-state index is 12.1. The van der Waals surface area contributed by atoms with E-state index in [0.717, 1.165) is 18.8 Å². The lowest BCUT2D eigenvalue weighted by atomic mass is 9.55. The van der Waals surface area contributed by atoms with Crippen LogP contribution in [0.15, 0.2) is 0 Å². The van der Waals surface area contributed by atoms with Crippen LogP contribution in [0.5, 0.6) is 0 Å². The van der Waals surface area contributed by atoms with Crippen LogP contribution < -0.4 is 0 Å². The van der Waals surface area contributed by atoms with Crippen molar-refractivity contribution in [2.24, 2.45) is 17.3 Å². The van der Waals surface area contributed by atoms with Gasteiger partial charge in [0.25, 0.3) is 0 Å². The molecular formula is C11H18F3N. The number of hydrogen-bond donors (Lipinski definition) is 0. The number of rotatable bonds is 2. The maximum absolute atomic E-state index is 12.1. The third kappa shape index (κ3) is 2.30. The summed E-state index contributed by atoms with van der Waals surface area (Å²) < 4.78 is 36.2. The molecule has 0 N–H and O–H groups in total. The van der Waals surface area contributed by atoms with Gasteiger partial charge in [0.15, 0.2) is 0 Å². The fourth-order valence-corrected chi connectivity index (χ4v) is 3.05. The number of hydrogen-bond acceptors (Lipinski definition) is 1. The van der Waals surface area contributed by atoms with Gasteiger partial charge in [0.05, 0.1) is 6.54 Å². The van der Waals surface area contributed by atoms with Crippen molar-refractivity contribution in [3.05, 3.63) is 0 Å². The van der Waals surface area contributed by atoms with Crippen LogP contribution in [0, 0.1) is 17.3 Å². The summed E-state index contributed by atoms with van der Waals surface area (Å²) >= 11 is 0. The monoisotopic (exact) mass is 221 g/mol. The predicted octanol–water partition coefficient (Wildman–Crippen LogP) is 2.92. The van der Waals surface area contributed by atoms with Gasteiger partial charge in [0.2, 0.25) is 0 Å². The molecule has 0 aromatic carbocycles. The van der Waals surface area contributed by atoms with E-state index in [0.29, 0.717) is 19.0 Å². The first-order valence-corrected chi connectivity index (χ1v) is 5.59. The molecule has 1 spiro atoms. The fourth-order valence-electron chi connectivity index (χ4n) is 3.05. The molecule has 1 aliphatic heterocycles. The summed E-state index contributed by atoms with van der Waals surface area (Å²) in [5.74, 6) is 1.44. The van der Waals surface area contributed by atoms with Crippen molar-refractivity contribution in [3.8, 4) is 0 Å². The van der Waals surface area contributed by atoms with Crippen LogP contribution in [0.4, 0.5) is 13.2 Å². The average Bonchev–Trinajstić information content (AvgIpc) is 1.87. The number of alkyl halides is 3. The van der Waals surface area contributed by atoms with Crippen LogP contribution in [0.25, 0.3) is 0 Å². The lowest BCUT2D eigenvalue weighted by Gasteiger charge is -2.60. The zero-order valence-corrected chi connectivity index (χ0v) is 9.27. The fraction of sp³-hybridized carbons (Fsp3) is 1.00. The molecule has 0 aromatic heterocycles. The van der Waals surface area contributed by atoms with Gasteiger partial charge in [0.1, 0.15) is 0 Å². The molecule has 0 radical (unpaired) electrons. The second kappa shape index (κ2) is 3.37. The topological polar surface area (TPSA) is 3.24 Å². The molecule has 1 saturated heterocycles. The highest BCUT2D eigenvalue weighted by Crippen LogP contribution is 2.54. The van der Waals surface area contributed by atoms with E-state index in [-0.39, 0.29) is 5.41 Å². The van der Waals surface area contributed by atoms with Gasteiger partial charge in [-0.05, 0) is 30.1 Å². The minimum Gasteiger partial charge on any atom is -0.294 e. The normalized spacial score (nSPS) is 26.8. The average molecular weight is 221 g/mol. The summed E-state index contributed by atoms with van der Waals surface area (Å²) in [6, 6.07) is 0. The van der Waals surface area contributed by atoms with Gasteiger partial charge in [0, 0.05) is 13.1 Å². The smallest absolute Gasteiger partial charge is 0.294 e. The molecule has 2 aliphatic rings. The van der Waals surface area contributed by atoms with E-state index < -0.39 is 12.7 Å². The molecule has 1 saturated carbocycles. The van der Waals surface area contributed by atoms with E-state index >= 15 is 0 Å². The summed E-state index contributed by atoms with van der Waals surface area (Å²) in [6.07, 6.45) is -1.75. The van der Waals surface area contributed by atoms with Gasteiger partial charge in [-0.1, -0.05) is 13.8 Å². The Balaban J connectivity index is 1.71. The minimum atomic E-state index is -4.02. The third-order valence-corrected chi connectivity index (χ3v) is 3.85. The van der Waals surface area contributed by atoms with Gasteiger partial charge in [-0.25, -0.2) is 0 Å². The van der Waals surface area contributed by atoms with Crippen LogP contribution in [0.2, 0.25) is 0 Å². The maximum Gasteiger partial charge on any atom is 0.401 e. The van der Waals surface area contributed by atoms with Crippen LogP contribution in [-0.4, -0.2) is 30.7 Å². The molecule has 2 fully saturated rings. The van der Waals surface area contributed by atoms with Crippen molar-refractivity contribution in [2.75, 3.05) is 19.6 Å². The second-order valence-corrected chi connectivity index (χ2v) is 5.67. The van der Waals surface area contributed by atoms with E-state index in [4.69, 9.17) is 0 Å². The first kappa shape index (κ1) is 11.2. The van der Waals surface area contributed by atoms with Crippen LogP contribution >= 0.6 is 0 Å². The summed E-state index contributed by atoms with van der Waals surface area (Å²) in [7, 11) is 0. The standard InChI is InChI=1S/C11H18F3N/c1-8(2)9-3-10(4-9)5-15(6-10)7-11(12,13)14/h8-9H,3-7H2,1-2H3. The van der Waals surface area contributed by atoms with Crippen LogP contribution in [-0.2, 0) is 0 Å². The van der Waals surface area contributed by atoms with Crippen molar-refractivity contribution >= 4 is 0 Å². The first-order valence-electron chi connectivity index (χ1n) is 5.59. The molecule has 0 unspecified atom stereocenters. The SMILES string of the molecule is CC(C)C1CC2(C1)CN(CC(F)(F)F)C2. The van der Waals surface area contributed by atoms with E-state index in [1.165, 1.54) is 4.90 Å². The van der Waals surface area contributed by atoms with Gasteiger partial charge in [-0.2, -0.15) is 13.2 Å². The molecule has 4 heteroatoms. The van der Waals surface area contributed by atoms with Crippen molar-refractivity contribution in [3.63, 3.8) is 0 Å². The number of halogens is 3. The van der Waals surface area contributed by atoms with E-state index in [2.05, 4.69) is 13.8 Å². The second-order valence-electron chi connectivity index (χ2n) is 5.67. The molecule has 0 atom stereocenters.